The molecule has 0 aromatic heterocycles. The first-order valence-electron chi connectivity index (χ1n) is 7.76. The second-order valence-electron chi connectivity index (χ2n) is 6.53. The van der Waals surface area contributed by atoms with Crippen molar-refractivity contribution in [2.45, 2.75) is 57.0 Å². The van der Waals surface area contributed by atoms with E-state index in [1.54, 1.807) is 0 Å². The van der Waals surface area contributed by atoms with Crippen molar-refractivity contribution in [3.05, 3.63) is 0 Å². The summed E-state index contributed by atoms with van der Waals surface area (Å²) in [5, 5.41) is 0. The molecule has 2 rings (SSSR count). The van der Waals surface area contributed by atoms with Gasteiger partial charge in [0.25, 0.3) is 0 Å². The molecule has 0 aromatic rings. The Bertz CT molecular complexity index is 300. The molecule has 0 radical (unpaired) electrons. The van der Waals surface area contributed by atoms with Gasteiger partial charge in [0.1, 0.15) is 0 Å². The van der Waals surface area contributed by atoms with Crippen LogP contribution in [0.2, 0.25) is 0 Å². The SMILES string of the molecule is CN1CCC(CCC(=O)N(C)C2CCC(N)CC2)C1. The van der Waals surface area contributed by atoms with Crippen molar-refractivity contribution in [1.82, 2.24) is 9.80 Å². The van der Waals surface area contributed by atoms with Gasteiger partial charge in [-0.25, -0.2) is 0 Å². The van der Waals surface area contributed by atoms with Gasteiger partial charge in [-0.15, -0.1) is 0 Å². The minimum atomic E-state index is 0.329. The molecular formula is C15H29N3O. The number of amides is 1. The lowest BCUT2D eigenvalue weighted by Crippen LogP contribution is -2.41. The molecular weight excluding hydrogens is 238 g/mol. The Morgan fingerprint density at radius 1 is 1.26 bits per heavy atom. The zero-order chi connectivity index (χ0) is 13.8. The third-order valence-electron chi connectivity index (χ3n) is 4.94. The molecule has 110 valence electrons. The smallest absolute Gasteiger partial charge is 0.222 e. The Morgan fingerprint density at radius 2 is 1.95 bits per heavy atom. The number of carbonyl (C=O) groups is 1. The fourth-order valence-electron chi connectivity index (χ4n) is 3.46. The molecule has 1 saturated carbocycles. The summed E-state index contributed by atoms with van der Waals surface area (Å²) < 4.78 is 0. The van der Waals surface area contributed by atoms with Crippen molar-refractivity contribution in [1.29, 1.82) is 0 Å². The second kappa shape index (κ2) is 6.71. The summed E-state index contributed by atoms with van der Waals surface area (Å²) in [7, 11) is 4.14. The van der Waals surface area contributed by atoms with Gasteiger partial charge in [-0.05, 0) is 58.0 Å². The molecule has 1 heterocycles. The van der Waals surface area contributed by atoms with Crippen LogP contribution in [0.15, 0.2) is 0 Å². The van der Waals surface area contributed by atoms with Crippen LogP contribution in [0.1, 0.15) is 44.9 Å². The molecule has 0 aromatic carbocycles. The van der Waals surface area contributed by atoms with Gasteiger partial charge >= 0.3 is 0 Å². The fourth-order valence-corrected chi connectivity index (χ4v) is 3.46. The van der Waals surface area contributed by atoms with Crippen LogP contribution in [0, 0.1) is 5.92 Å². The minimum Gasteiger partial charge on any atom is -0.343 e. The first-order chi connectivity index (χ1) is 9.06. The maximum Gasteiger partial charge on any atom is 0.222 e. The summed E-state index contributed by atoms with van der Waals surface area (Å²) in [4.78, 5) is 16.6. The summed E-state index contributed by atoms with van der Waals surface area (Å²) >= 11 is 0. The van der Waals surface area contributed by atoms with Crippen molar-refractivity contribution < 1.29 is 4.79 Å². The van der Waals surface area contributed by atoms with Crippen LogP contribution in [0.5, 0.6) is 0 Å². The highest BCUT2D eigenvalue weighted by atomic mass is 16.2. The van der Waals surface area contributed by atoms with Crippen molar-refractivity contribution in [2.24, 2.45) is 11.7 Å². The highest BCUT2D eigenvalue weighted by Crippen LogP contribution is 2.23. The van der Waals surface area contributed by atoms with Crippen LogP contribution in [0.25, 0.3) is 0 Å². The fraction of sp³-hybridized carbons (Fsp3) is 0.933. The monoisotopic (exact) mass is 267 g/mol. The molecule has 4 heteroatoms. The van der Waals surface area contributed by atoms with E-state index in [1.807, 2.05) is 11.9 Å². The lowest BCUT2D eigenvalue weighted by molar-refractivity contribution is -0.132. The summed E-state index contributed by atoms with van der Waals surface area (Å²) in [6, 6.07) is 0.785. The van der Waals surface area contributed by atoms with Gasteiger partial charge in [0.2, 0.25) is 5.91 Å². The first kappa shape index (κ1) is 14.8. The topological polar surface area (TPSA) is 49.6 Å². The quantitative estimate of drug-likeness (QED) is 0.838. The third kappa shape index (κ3) is 4.18. The van der Waals surface area contributed by atoms with Crippen molar-refractivity contribution >= 4 is 5.91 Å². The van der Waals surface area contributed by atoms with Crippen molar-refractivity contribution in [2.75, 3.05) is 27.2 Å². The maximum atomic E-state index is 12.2. The van der Waals surface area contributed by atoms with Gasteiger partial charge in [0, 0.05) is 32.1 Å². The lowest BCUT2D eigenvalue weighted by atomic mass is 9.90. The molecule has 0 spiro atoms. The number of rotatable bonds is 4. The Kier molecular flexibility index (Phi) is 5.22. The molecule has 2 fully saturated rings. The average Bonchev–Trinajstić information content (AvgIpc) is 2.82. The van der Waals surface area contributed by atoms with Gasteiger partial charge in [0.05, 0.1) is 0 Å². The molecule has 0 bridgehead atoms. The second-order valence-corrected chi connectivity index (χ2v) is 6.53. The van der Waals surface area contributed by atoms with E-state index in [4.69, 9.17) is 5.73 Å². The van der Waals surface area contributed by atoms with Gasteiger partial charge in [-0.3, -0.25) is 4.79 Å². The van der Waals surface area contributed by atoms with Crippen LogP contribution in [-0.2, 0) is 4.79 Å². The number of nitrogens with zero attached hydrogens (tertiary/aromatic N) is 2. The predicted octanol–water partition coefficient (Wildman–Crippen LogP) is 1.45. The molecule has 1 aliphatic carbocycles. The average molecular weight is 267 g/mol. The van der Waals surface area contributed by atoms with Gasteiger partial charge < -0.3 is 15.5 Å². The Balaban J connectivity index is 1.70. The molecule has 2 N–H and O–H groups in total. The van der Waals surface area contributed by atoms with Crippen LogP contribution in [0.3, 0.4) is 0 Å². The first-order valence-corrected chi connectivity index (χ1v) is 7.76. The highest BCUT2D eigenvalue weighted by Gasteiger charge is 2.26. The molecule has 4 nitrogen and oxygen atoms in total. The third-order valence-corrected chi connectivity index (χ3v) is 4.94. The molecule has 1 atom stereocenters. The van der Waals surface area contributed by atoms with E-state index in [-0.39, 0.29) is 0 Å². The number of carbonyl (C=O) groups excluding carboxylic acids is 1. The van der Waals surface area contributed by atoms with Gasteiger partial charge in [-0.1, -0.05) is 0 Å². The standard InChI is InChI=1S/C15H29N3O/c1-17-10-9-12(11-17)3-8-15(19)18(2)14-6-4-13(16)5-7-14/h12-14H,3-11,16H2,1-2H3. The summed E-state index contributed by atoms with van der Waals surface area (Å²) in [6.45, 7) is 2.35. The Labute approximate surface area is 117 Å². The van der Waals surface area contributed by atoms with Crippen LogP contribution in [-0.4, -0.2) is 55.0 Å². The normalized spacial score (nSPS) is 32.5. The van der Waals surface area contributed by atoms with Crippen LogP contribution < -0.4 is 5.73 Å². The summed E-state index contributed by atoms with van der Waals surface area (Å²) in [5.41, 5.74) is 5.92. The molecule has 19 heavy (non-hydrogen) atoms. The predicted molar refractivity (Wildman–Crippen MR) is 77.8 cm³/mol. The zero-order valence-electron chi connectivity index (χ0n) is 12.5. The summed E-state index contributed by atoms with van der Waals surface area (Å²) in [6.07, 6.45) is 7.32. The minimum absolute atomic E-state index is 0.329. The number of hydrogen-bond donors (Lipinski definition) is 1. The van der Waals surface area contributed by atoms with E-state index in [0.29, 0.717) is 18.0 Å². The number of nitrogens with two attached hydrogens (primary N) is 1. The lowest BCUT2D eigenvalue weighted by Gasteiger charge is -2.33. The molecule has 2 aliphatic rings. The van der Waals surface area contributed by atoms with Crippen molar-refractivity contribution in [3.63, 3.8) is 0 Å². The number of hydrogen-bond acceptors (Lipinski definition) is 3. The number of likely N-dealkylation sites (tertiary alicyclic amines) is 1. The van der Waals surface area contributed by atoms with E-state index in [9.17, 15) is 4.79 Å². The van der Waals surface area contributed by atoms with Crippen LogP contribution in [0.4, 0.5) is 0 Å². The van der Waals surface area contributed by atoms with E-state index in [0.717, 1.165) is 51.0 Å². The van der Waals surface area contributed by atoms with Crippen molar-refractivity contribution in [3.8, 4) is 0 Å². The Hall–Kier alpha value is -0.610. The van der Waals surface area contributed by atoms with Gasteiger partial charge in [0.15, 0.2) is 0 Å². The molecule has 1 unspecified atom stereocenters. The van der Waals surface area contributed by atoms with E-state index in [1.165, 1.54) is 13.0 Å². The zero-order valence-corrected chi connectivity index (χ0v) is 12.5. The van der Waals surface area contributed by atoms with E-state index in [2.05, 4.69) is 11.9 Å². The van der Waals surface area contributed by atoms with Gasteiger partial charge in [-0.2, -0.15) is 0 Å². The van der Waals surface area contributed by atoms with E-state index >= 15 is 0 Å². The largest absolute Gasteiger partial charge is 0.343 e. The highest BCUT2D eigenvalue weighted by molar-refractivity contribution is 5.76. The Morgan fingerprint density at radius 3 is 2.53 bits per heavy atom. The molecule has 1 saturated heterocycles. The summed E-state index contributed by atoms with van der Waals surface area (Å²) in [5.74, 6) is 1.05. The van der Waals surface area contributed by atoms with E-state index < -0.39 is 0 Å². The van der Waals surface area contributed by atoms with Crippen LogP contribution >= 0.6 is 0 Å². The molecule has 1 aliphatic heterocycles. The maximum absolute atomic E-state index is 12.2. The molecule has 1 amide bonds.